The van der Waals surface area contributed by atoms with E-state index in [1.807, 2.05) is 88.4 Å². The highest BCUT2D eigenvalue weighted by Crippen LogP contribution is 2.28. The second-order valence-electron chi connectivity index (χ2n) is 5.40. The summed E-state index contributed by atoms with van der Waals surface area (Å²) in [6.45, 7) is 8.00. The number of rotatable bonds is 2. The Labute approximate surface area is 164 Å². The van der Waals surface area contributed by atoms with Crippen LogP contribution in [0.25, 0.3) is 33.4 Å². The van der Waals surface area contributed by atoms with Gasteiger partial charge in [-0.2, -0.15) is 9.71 Å². The molecule has 4 aromatic rings. The Hall–Kier alpha value is -3.47. The third kappa shape index (κ3) is 4.26. The second-order valence-corrected chi connectivity index (χ2v) is 5.40. The van der Waals surface area contributed by atoms with Crippen molar-refractivity contribution in [2.45, 2.75) is 27.7 Å². The van der Waals surface area contributed by atoms with Crippen LogP contribution in [0.4, 0.5) is 0 Å². The van der Waals surface area contributed by atoms with E-state index in [0.717, 1.165) is 21.2 Å². The van der Waals surface area contributed by atoms with Gasteiger partial charge in [-0.05, 0) is 12.1 Å². The van der Waals surface area contributed by atoms with Crippen molar-refractivity contribution in [3.8, 4) is 22.5 Å². The number of H-pyrrole nitrogens is 1. The lowest BCUT2D eigenvalue weighted by atomic mass is 10.0. The molecule has 0 aliphatic heterocycles. The molecule has 0 unspecified atom stereocenters. The van der Waals surface area contributed by atoms with Crippen molar-refractivity contribution in [2.24, 2.45) is 0 Å². The zero-order chi connectivity index (χ0) is 20.5. The molecule has 2 aromatic heterocycles. The topological polar surface area (TPSA) is 72.7 Å². The van der Waals surface area contributed by atoms with Crippen molar-refractivity contribution in [1.29, 1.82) is 0 Å². The minimum atomic E-state index is -0.482. The van der Waals surface area contributed by atoms with Crippen molar-refractivity contribution in [1.82, 2.24) is 9.97 Å². The summed E-state index contributed by atoms with van der Waals surface area (Å²) in [5, 5.41) is 13.1. The van der Waals surface area contributed by atoms with E-state index in [2.05, 4.69) is 9.97 Å². The molecule has 2 aromatic carbocycles. The van der Waals surface area contributed by atoms with Crippen LogP contribution in [0.1, 0.15) is 27.7 Å². The summed E-state index contributed by atoms with van der Waals surface area (Å²) in [6.07, 6.45) is 1.44. The van der Waals surface area contributed by atoms with Gasteiger partial charge in [-0.1, -0.05) is 76.2 Å². The van der Waals surface area contributed by atoms with Gasteiger partial charge in [-0.25, -0.2) is 4.79 Å². The van der Waals surface area contributed by atoms with Gasteiger partial charge in [0.15, 0.2) is 6.20 Å². The molecular formula is C23H25N3O2. The molecule has 0 amide bonds. The van der Waals surface area contributed by atoms with E-state index >= 15 is 0 Å². The van der Waals surface area contributed by atoms with Crippen LogP contribution in [0, 0.1) is 5.21 Å². The highest BCUT2D eigenvalue weighted by Gasteiger charge is 2.18. The zero-order valence-electron chi connectivity index (χ0n) is 16.6. The van der Waals surface area contributed by atoms with Gasteiger partial charge in [-0.15, -0.1) is 0 Å². The molecule has 0 aliphatic rings. The third-order valence-electron chi connectivity index (χ3n) is 3.90. The second kappa shape index (κ2) is 10.0. The summed E-state index contributed by atoms with van der Waals surface area (Å²) >= 11 is 0. The van der Waals surface area contributed by atoms with Crippen LogP contribution in [0.15, 0.2) is 77.7 Å². The molecule has 28 heavy (non-hydrogen) atoms. The number of benzene rings is 2. The monoisotopic (exact) mass is 375 g/mol. The first-order valence-corrected chi connectivity index (χ1v) is 9.51. The van der Waals surface area contributed by atoms with E-state index in [-0.39, 0.29) is 0 Å². The molecule has 0 radical (unpaired) electrons. The number of nitrogens with one attached hydrogen (secondary N) is 1. The van der Waals surface area contributed by atoms with Crippen LogP contribution in [-0.2, 0) is 0 Å². The molecule has 1 N–H and O–H groups in total. The van der Waals surface area contributed by atoms with E-state index in [0.29, 0.717) is 16.9 Å². The highest BCUT2D eigenvalue weighted by atomic mass is 16.5. The molecule has 0 aliphatic carbocycles. The van der Waals surface area contributed by atoms with Crippen molar-refractivity contribution >= 4 is 10.9 Å². The van der Waals surface area contributed by atoms with E-state index in [1.54, 1.807) is 6.07 Å². The number of aromatic nitrogens is 3. The Kier molecular flexibility index (Phi) is 7.45. The van der Waals surface area contributed by atoms with Gasteiger partial charge >= 0.3 is 5.69 Å². The lowest BCUT2D eigenvalue weighted by Gasteiger charge is -2.10. The average Bonchev–Trinajstić information content (AvgIpc) is 2.77. The maximum absolute atomic E-state index is 12.4. The van der Waals surface area contributed by atoms with Gasteiger partial charge in [-0.3, -0.25) is 4.98 Å². The maximum atomic E-state index is 12.4. The Bertz CT molecular complexity index is 1080. The van der Waals surface area contributed by atoms with Gasteiger partial charge in [0.05, 0.1) is 5.69 Å². The van der Waals surface area contributed by atoms with E-state index in [9.17, 15) is 10.0 Å². The Morgan fingerprint density at radius 3 is 1.93 bits per heavy atom. The smallest absolute Gasteiger partial charge is 0.346 e. The van der Waals surface area contributed by atoms with Crippen LogP contribution in [0.3, 0.4) is 0 Å². The van der Waals surface area contributed by atoms with E-state index in [1.165, 1.54) is 6.20 Å². The quantitative estimate of drug-likeness (QED) is 0.398. The fraction of sp³-hybridized carbons (Fsp3) is 0.174. The predicted octanol–water partition coefficient (Wildman–Crippen LogP) is 4.94. The summed E-state index contributed by atoms with van der Waals surface area (Å²) in [6, 6.07) is 20.4. The van der Waals surface area contributed by atoms with Gasteiger partial charge < -0.3 is 5.21 Å². The van der Waals surface area contributed by atoms with Crippen LogP contribution in [0.5, 0.6) is 0 Å². The lowest BCUT2D eigenvalue weighted by Crippen LogP contribution is -2.30. The first kappa shape index (κ1) is 20.8. The van der Waals surface area contributed by atoms with E-state index < -0.39 is 5.69 Å². The van der Waals surface area contributed by atoms with E-state index in [4.69, 9.17) is 0 Å². The van der Waals surface area contributed by atoms with Crippen LogP contribution in [0.2, 0.25) is 0 Å². The normalized spacial score (nSPS) is 9.71. The van der Waals surface area contributed by atoms with Gasteiger partial charge in [0, 0.05) is 22.6 Å². The van der Waals surface area contributed by atoms with Gasteiger partial charge in [0.2, 0.25) is 5.69 Å². The average molecular weight is 375 g/mol. The standard InChI is InChI=1S/C19H13N3O2.2C2H6/c23-19-20-16(13-7-3-1-4-8-13)15-11-12-22(24)18(17(15)21-19)14-9-5-2-6-10-14;2*1-2/h1-12H,(H,20,21,23);2*1-2H3. The zero-order valence-corrected chi connectivity index (χ0v) is 16.6. The first-order valence-electron chi connectivity index (χ1n) is 9.51. The number of hydrogen-bond acceptors (Lipinski definition) is 3. The molecule has 0 fully saturated rings. The van der Waals surface area contributed by atoms with Crippen molar-refractivity contribution in [3.05, 3.63) is 88.6 Å². The summed E-state index contributed by atoms with van der Waals surface area (Å²) in [7, 11) is 0. The maximum Gasteiger partial charge on any atom is 0.346 e. The van der Waals surface area contributed by atoms with Crippen LogP contribution < -0.4 is 10.4 Å². The van der Waals surface area contributed by atoms with Crippen molar-refractivity contribution in [2.75, 3.05) is 0 Å². The predicted molar refractivity (Wildman–Crippen MR) is 115 cm³/mol. The molecule has 0 atom stereocenters. The summed E-state index contributed by atoms with van der Waals surface area (Å²) in [4.78, 5) is 18.9. The molecule has 2 heterocycles. The molecular weight excluding hydrogens is 350 g/mol. The van der Waals surface area contributed by atoms with Crippen LogP contribution in [-0.4, -0.2) is 9.97 Å². The number of fused-ring (bicyclic) bond motifs is 1. The summed E-state index contributed by atoms with van der Waals surface area (Å²) in [5.41, 5.74) is 2.54. The highest BCUT2D eigenvalue weighted by molar-refractivity contribution is 5.97. The lowest BCUT2D eigenvalue weighted by molar-refractivity contribution is -0.592. The number of aromatic amines is 1. The minimum Gasteiger partial charge on any atom is -0.618 e. The number of nitrogens with zero attached hydrogens (tertiary/aromatic N) is 2. The molecule has 144 valence electrons. The van der Waals surface area contributed by atoms with Crippen LogP contribution >= 0.6 is 0 Å². The molecule has 0 saturated heterocycles. The largest absolute Gasteiger partial charge is 0.618 e. The fourth-order valence-corrected chi connectivity index (χ4v) is 2.84. The molecule has 0 bridgehead atoms. The fourth-order valence-electron chi connectivity index (χ4n) is 2.84. The Morgan fingerprint density at radius 1 is 0.821 bits per heavy atom. The molecule has 5 nitrogen and oxygen atoms in total. The Morgan fingerprint density at radius 2 is 1.36 bits per heavy atom. The number of pyridine rings is 1. The van der Waals surface area contributed by atoms with Gasteiger partial charge in [0.25, 0.3) is 0 Å². The van der Waals surface area contributed by atoms with Gasteiger partial charge in [0.1, 0.15) is 5.52 Å². The van der Waals surface area contributed by atoms with Crippen molar-refractivity contribution < 1.29 is 4.73 Å². The first-order chi connectivity index (χ1) is 13.7. The molecule has 5 heteroatoms. The summed E-state index contributed by atoms with van der Waals surface area (Å²) < 4.78 is 0.766. The molecule has 0 saturated carbocycles. The molecule has 4 rings (SSSR count). The third-order valence-corrected chi connectivity index (χ3v) is 3.90. The number of hydrogen-bond donors (Lipinski definition) is 1. The Balaban J connectivity index is 0.000000660. The minimum absolute atomic E-state index is 0.407. The molecule has 0 spiro atoms. The van der Waals surface area contributed by atoms with Crippen molar-refractivity contribution in [3.63, 3.8) is 0 Å². The SMILES string of the molecule is CC.CC.O=c1nc(-c2ccccc2)c2cc[n+]([O-])c(-c3ccccc3)c2[nH]1. The summed E-state index contributed by atoms with van der Waals surface area (Å²) in [5.74, 6) is 0.